The lowest BCUT2D eigenvalue weighted by molar-refractivity contribution is 0.173. The average Bonchev–Trinajstić information content (AvgIpc) is 3.17. The van der Waals surface area contributed by atoms with Gasteiger partial charge in [0.05, 0.1) is 11.1 Å². The summed E-state index contributed by atoms with van der Waals surface area (Å²) in [5.41, 5.74) is 2.88. The summed E-state index contributed by atoms with van der Waals surface area (Å²) in [7, 11) is 0. The van der Waals surface area contributed by atoms with Gasteiger partial charge in [0.15, 0.2) is 11.5 Å². The minimum absolute atomic E-state index is 0.263. The van der Waals surface area contributed by atoms with Crippen molar-refractivity contribution in [1.82, 2.24) is 0 Å². The molecular weight excluding hydrogens is 334 g/mol. The van der Waals surface area contributed by atoms with Gasteiger partial charge in [0.1, 0.15) is 12.4 Å². The first-order valence-corrected chi connectivity index (χ1v) is 7.48. The molecule has 4 nitrogen and oxygen atoms in total. The molecule has 0 bridgehead atoms. The van der Waals surface area contributed by atoms with Crippen molar-refractivity contribution >= 4 is 27.8 Å². The maximum absolute atomic E-state index is 5.93. The normalized spacial score (nSPS) is 23.3. The lowest BCUT2D eigenvalue weighted by Gasteiger charge is -2.21. The van der Waals surface area contributed by atoms with E-state index in [1.54, 1.807) is 0 Å². The topological polar surface area (TPSA) is 40.0 Å². The molecule has 104 valence electrons. The molecule has 3 aliphatic heterocycles. The summed E-state index contributed by atoms with van der Waals surface area (Å²) >= 11 is 3.66. The zero-order valence-electron chi connectivity index (χ0n) is 10.9. The molecule has 1 spiro atoms. The summed E-state index contributed by atoms with van der Waals surface area (Å²) in [5.74, 6) is 2.36. The fourth-order valence-corrected chi connectivity index (χ4v) is 3.99. The van der Waals surface area contributed by atoms with Crippen LogP contribution in [0.5, 0.6) is 17.2 Å². The van der Waals surface area contributed by atoms with E-state index in [1.165, 1.54) is 0 Å². The van der Waals surface area contributed by atoms with Gasteiger partial charge in [-0.3, -0.25) is 4.99 Å². The Hall–Kier alpha value is -2.01. The second-order valence-electron chi connectivity index (χ2n) is 5.35. The van der Waals surface area contributed by atoms with Gasteiger partial charge in [-0.1, -0.05) is 22.0 Å². The molecule has 0 fully saturated rings. The van der Waals surface area contributed by atoms with Crippen molar-refractivity contribution in [3.8, 4) is 17.2 Å². The van der Waals surface area contributed by atoms with Crippen molar-refractivity contribution in [2.75, 3.05) is 13.4 Å². The summed E-state index contributed by atoms with van der Waals surface area (Å²) in [5, 5.41) is 0. The molecule has 2 aromatic carbocycles. The molecule has 0 N–H and O–H groups in total. The van der Waals surface area contributed by atoms with Crippen LogP contribution < -0.4 is 14.2 Å². The Bertz CT molecular complexity index is 817. The van der Waals surface area contributed by atoms with E-state index in [1.807, 2.05) is 36.5 Å². The molecule has 0 amide bonds. The number of ether oxygens (including phenoxy) is 3. The number of benzene rings is 2. The first-order valence-electron chi connectivity index (χ1n) is 6.69. The van der Waals surface area contributed by atoms with Crippen LogP contribution in [-0.2, 0) is 5.41 Å². The van der Waals surface area contributed by atoms with Crippen LogP contribution in [0.4, 0.5) is 5.69 Å². The number of rotatable bonds is 0. The van der Waals surface area contributed by atoms with Gasteiger partial charge in [-0.2, -0.15) is 0 Å². The van der Waals surface area contributed by atoms with Crippen molar-refractivity contribution in [3.05, 3.63) is 45.9 Å². The number of aliphatic imine (C=N–C) groups is 1. The number of fused-ring (bicyclic) bond motifs is 5. The van der Waals surface area contributed by atoms with Crippen molar-refractivity contribution in [1.29, 1.82) is 0 Å². The van der Waals surface area contributed by atoms with Crippen LogP contribution >= 0.6 is 15.9 Å². The van der Waals surface area contributed by atoms with Crippen molar-refractivity contribution in [3.63, 3.8) is 0 Å². The molecule has 5 rings (SSSR count). The Morgan fingerprint density at radius 1 is 1.05 bits per heavy atom. The lowest BCUT2D eigenvalue weighted by Crippen LogP contribution is -2.29. The second kappa shape index (κ2) is 3.80. The molecule has 1 unspecified atom stereocenters. The van der Waals surface area contributed by atoms with Crippen molar-refractivity contribution in [2.24, 2.45) is 4.99 Å². The van der Waals surface area contributed by atoms with Gasteiger partial charge in [-0.25, -0.2) is 0 Å². The smallest absolute Gasteiger partial charge is 0.231 e. The molecule has 3 aliphatic rings. The van der Waals surface area contributed by atoms with Gasteiger partial charge in [0.2, 0.25) is 6.79 Å². The minimum atomic E-state index is -0.342. The van der Waals surface area contributed by atoms with Gasteiger partial charge in [-0.05, 0) is 18.2 Å². The van der Waals surface area contributed by atoms with Crippen LogP contribution in [-0.4, -0.2) is 19.6 Å². The van der Waals surface area contributed by atoms with E-state index < -0.39 is 0 Å². The highest BCUT2D eigenvalue weighted by atomic mass is 79.9. The fourth-order valence-electron chi connectivity index (χ4n) is 3.28. The highest BCUT2D eigenvalue weighted by Crippen LogP contribution is 2.53. The van der Waals surface area contributed by atoms with Crippen LogP contribution in [0.15, 0.2) is 39.8 Å². The predicted molar refractivity (Wildman–Crippen MR) is 81.1 cm³/mol. The third-order valence-corrected chi connectivity index (χ3v) is 4.93. The van der Waals surface area contributed by atoms with E-state index in [2.05, 4.69) is 20.9 Å². The van der Waals surface area contributed by atoms with E-state index in [0.717, 1.165) is 38.5 Å². The van der Waals surface area contributed by atoms with Crippen LogP contribution in [0.1, 0.15) is 11.1 Å². The summed E-state index contributed by atoms with van der Waals surface area (Å²) in [6.45, 7) is 0.809. The maximum atomic E-state index is 5.93. The van der Waals surface area contributed by atoms with Gasteiger partial charge in [0, 0.05) is 27.9 Å². The van der Waals surface area contributed by atoms with E-state index >= 15 is 0 Å². The molecular formula is C16H10BrNO3. The molecule has 0 saturated carbocycles. The SMILES string of the molecule is Brc1cccc2c1C1(C=N2)COc2cc3c(cc21)OCO3. The predicted octanol–water partition coefficient (Wildman–Crippen LogP) is 3.57. The van der Waals surface area contributed by atoms with Gasteiger partial charge in [-0.15, -0.1) is 0 Å². The number of hydrogen-bond acceptors (Lipinski definition) is 4. The summed E-state index contributed by atoms with van der Waals surface area (Å²) in [6, 6.07) is 9.99. The van der Waals surface area contributed by atoms with Crippen LogP contribution in [0.2, 0.25) is 0 Å². The third-order valence-electron chi connectivity index (χ3n) is 4.27. The fraction of sp³-hybridized carbons (Fsp3) is 0.188. The van der Waals surface area contributed by atoms with Gasteiger partial charge >= 0.3 is 0 Å². The summed E-state index contributed by atoms with van der Waals surface area (Å²) in [4.78, 5) is 4.58. The molecule has 5 heteroatoms. The molecule has 21 heavy (non-hydrogen) atoms. The molecule has 0 saturated heterocycles. The first kappa shape index (κ1) is 11.6. The average molecular weight is 344 g/mol. The Kier molecular flexibility index (Phi) is 2.10. The molecule has 0 aliphatic carbocycles. The molecule has 3 heterocycles. The number of nitrogens with zero attached hydrogens (tertiary/aromatic N) is 1. The summed E-state index contributed by atoms with van der Waals surface area (Å²) < 4.78 is 17.9. The van der Waals surface area contributed by atoms with E-state index in [9.17, 15) is 0 Å². The highest BCUT2D eigenvalue weighted by Gasteiger charge is 2.47. The Morgan fingerprint density at radius 2 is 1.90 bits per heavy atom. The van der Waals surface area contributed by atoms with E-state index in [4.69, 9.17) is 14.2 Å². The number of hydrogen-bond donors (Lipinski definition) is 0. The quantitative estimate of drug-likeness (QED) is 0.734. The molecule has 0 aromatic heterocycles. The monoisotopic (exact) mass is 343 g/mol. The minimum Gasteiger partial charge on any atom is -0.491 e. The zero-order chi connectivity index (χ0) is 14.0. The molecule has 1 atom stereocenters. The summed E-state index contributed by atoms with van der Waals surface area (Å²) in [6.07, 6.45) is 1.98. The largest absolute Gasteiger partial charge is 0.491 e. The van der Waals surface area contributed by atoms with Gasteiger partial charge < -0.3 is 14.2 Å². The Balaban J connectivity index is 1.78. The maximum Gasteiger partial charge on any atom is 0.231 e. The third kappa shape index (κ3) is 1.37. The van der Waals surface area contributed by atoms with Crippen LogP contribution in [0, 0.1) is 0 Å². The van der Waals surface area contributed by atoms with E-state index in [0.29, 0.717) is 6.61 Å². The second-order valence-corrected chi connectivity index (χ2v) is 6.21. The Labute approximate surface area is 129 Å². The van der Waals surface area contributed by atoms with Crippen molar-refractivity contribution < 1.29 is 14.2 Å². The van der Waals surface area contributed by atoms with Crippen molar-refractivity contribution in [2.45, 2.75) is 5.41 Å². The molecule has 2 aromatic rings. The van der Waals surface area contributed by atoms with Crippen LogP contribution in [0.3, 0.4) is 0 Å². The zero-order valence-corrected chi connectivity index (χ0v) is 12.5. The van der Waals surface area contributed by atoms with E-state index in [-0.39, 0.29) is 12.2 Å². The lowest BCUT2D eigenvalue weighted by atomic mass is 9.78. The number of halogens is 1. The highest BCUT2D eigenvalue weighted by molar-refractivity contribution is 9.10. The van der Waals surface area contributed by atoms with Gasteiger partial charge in [0.25, 0.3) is 0 Å². The first-order chi connectivity index (χ1) is 10.3. The van der Waals surface area contributed by atoms with Crippen LogP contribution in [0.25, 0.3) is 0 Å². The standard InChI is InChI=1S/C16H10BrNO3/c17-10-2-1-3-11-15(10)16(6-18-11)7-19-12-5-14-13(4-9(12)16)20-8-21-14/h1-6H,7-8H2. The molecule has 0 radical (unpaired) electrons. The Morgan fingerprint density at radius 3 is 2.81 bits per heavy atom.